The zero-order valence-electron chi connectivity index (χ0n) is 11.9. The number of rotatable bonds is 4. The summed E-state index contributed by atoms with van der Waals surface area (Å²) in [6.07, 6.45) is 1.49. The number of hydrogen-bond donors (Lipinski definition) is 1. The zero-order valence-corrected chi connectivity index (χ0v) is 11.9. The molecule has 1 aliphatic rings. The average molecular weight is 262 g/mol. The fourth-order valence-electron chi connectivity index (χ4n) is 2.92. The highest BCUT2D eigenvalue weighted by molar-refractivity contribution is 5.79. The first-order chi connectivity index (χ1) is 9.13. The van der Waals surface area contributed by atoms with Gasteiger partial charge in [0.25, 0.3) is 0 Å². The molecule has 1 aromatic carbocycles. The second kappa shape index (κ2) is 5.61. The second-order valence-corrected chi connectivity index (χ2v) is 5.25. The van der Waals surface area contributed by atoms with Crippen LogP contribution in [0.15, 0.2) is 24.3 Å². The van der Waals surface area contributed by atoms with E-state index in [-0.39, 0.29) is 11.3 Å². The van der Waals surface area contributed by atoms with Gasteiger partial charge in [0, 0.05) is 37.5 Å². The van der Waals surface area contributed by atoms with Gasteiger partial charge in [-0.2, -0.15) is 0 Å². The van der Waals surface area contributed by atoms with Gasteiger partial charge in [-0.05, 0) is 19.5 Å². The summed E-state index contributed by atoms with van der Waals surface area (Å²) in [6, 6.07) is 8.02. The standard InChI is InChI=1S/C15H22N2O2/c1-16-11-15(8-9-17(2)14(18)10-15)12-6-4-5-7-13(12)19-3/h4-7,16H,8-11H2,1-3H3. The Morgan fingerprint density at radius 3 is 2.79 bits per heavy atom. The molecule has 1 unspecified atom stereocenters. The van der Waals surface area contributed by atoms with Gasteiger partial charge in [0.15, 0.2) is 0 Å². The zero-order chi connectivity index (χ0) is 13.9. The monoisotopic (exact) mass is 262 g/mol. The number of carbonyl (C=O) groups is 1. The molecule has 19 heavy (non-hydrogen) atoms. The minimum atomic E-state index is -0.162. The number of likely N-dealkylation sites (N-methyl/N-ethyl adjacent to an activating group) is 1. The number of ether oxygens (including phenoxy) is 1. The number of amides is 1. The van der Waals surface area contributed by atoms with Crippen LogP contribution in [0.2, 0.25) is 0 Å². The Morgan fingerprint density at radius 1 is 1.42 bits per heavy atom. The molecule has 0 radical (unpaired) electrons. The van der Waals surface area contributed by atoms with Crippen LogP contribution in [0.3, 0.4) is 0 Å². The molecule has 0 saturated carbocycles. The molecule has 1 fully saturated rings. The van der Waals surface area contributed by atoms with Crippen LogP contribution >= 0.6 is 0 Å². The van der Waals surface area contributed by atoms with Crippen molar-refractivity contribution in [2.24, 2.45) is 0 Å². The van der Waals surface area contributed by atoms with Crippen molar-refractivity contribution in [2.75, 3.05) is 34.3 Å². The summed E-state index contributed by atoms with van der Waals surface area (Å²) in [5.74, 6) is 1.07. The number of hydrogen-bond acceptors (Lipinski definition) is 3. The van der Waals surface area contributed by atoms with E-state index in [1.165, 1.54) is 0 Å². The maximum atomic E-state index is 12.1. The van der Waals surface area contributed by atoms with E-state index in [0.717, 1.165) is 30.8 Å². The highest BCUT2D eigenvalue weighted by atomic mass is 16.5. The number of carbonyl (C=O) groups excluding carboxylic acids is 1. The van der Waals surface area contributed by atoms with E-state index in [1.807, 2.05) is 37.2 Å². The summed E-state index contributed by atoms with van der Waals surface area (Å²) < 4.78 is 5.48. The van der Waals surface area contributed by atoms with Crippen molar-refractivity contribution in [1.29, 1.82) is 0 Å². The maximum absolute atomic E-state index is 12.1. The van der Waals surface area contributed by atoms with E-state index in [9.17, 15) is 4.79 Å². The van der Waals surface area contributed by atoms with E-state index in [4.69, 9.17) is 4.74 Å². The minimum Gasteiger partial charge on any atom is -0.496 e. The van der Waals surface area contributed by atoms with Crippen molar-refractivity contribution in [3.63, 3.8) is 0 Å². The summed E-state index contributed by atoms with van der Waals surface area (Å²) in [6.45, 7) is 1.57. The van der Waals surface area contributed by atoms with Crippen LogP contribution < -0.4 is 10.1 Å². The van der Waals surface area contributed by atoms with E-state index in [1.54, 1.807) is 7.11 Å². The Kier molecular flexibility index (Phi) is 4.10. The molecular formula is C15H22N2O2. The van der Waals surface area contributed by atoms with E-state index in [2.05, 4.69) is 11.4 Å². The van der Waals surface area contributed by atoms with Gasteiger partial charge in [0.1, 0.15) is 5.75 Å². The van der Waals surface area contributed by atoms with Gasteiger partial charge in [0.05, 0.1) is 7.11 Å². The summed E-state index contributed by atoms with van der Waals surface area (Å²) in [5, 5.41) is 3.24. The number of para-hydroxylation sites is 1. The third kappa shape index (κ3) is 2.59. The second-order valence-electron chi connectivity index (χ2n) is 5.25. The molecule has 1 N–H and O–H groups in total. The van der Waals surface area contributed by atoms with E-state index >= 15 is 0 Å². The van der Waals surface area contributed by atoms with Crippen LogP contribution in [0.25, 0.3) is 0 Å². The average Bonchev–Trinajstić information content (AvgIpc) is 2.43. The summed E-state index contributed by atoms with van der Waals surface area (Å²) in [7, 11) is 5.48. The SMILES string of the molecule is CNCC1(c2ccccc2OC)CCN(C)C(=O)C1. The van der Waals surface area contributed by atoms with Gasteiger partial charge in [-0.15, -0.1) is 0 Å². The first-order valence-electron chi connectivity index (χ1n) is 6.65. The number of piperidine rings is 1. The molecule has 0 bridgehead atoms. The summed E-state index contributed by atoms with van der Waals surface area (Å²) in [5.41, 5.74) is 0.971. The first kappa shape index (κ1) is 13.9. The molecule has 1 atom stereocenters. The van der Waals surface area contributed by atoms with Gasteiger partial charge in [-0.3, -0.25) is 4.79 Å². The molecule has 1 amide bonds. The van der Waals surface area contributed by atoms with E-state index < -0.39 is 0 Å². The Morgan fingerprint density at radius 2 is 2.16 bits per heavy atom. The predicted molar refractivity (Wildman–Crippen MR) is 75.5 cm³/mol. The smallest absolute Gasteiger partial charge is 0.223 e. The Hall–Kier alpha value is -1.55. The van der Waals surface area contributed by atoms with Crippen LogP contribution in [0, 0.1) is 0 Å². The topological polar surface area (TPSA) is 41.6 Å². The predicted octanol–water partition coefficient (Wildman–Crippen LogP) is 1.40. The molecule has 104 valence electrons. The van der Waals surface area contributed by atoms with Gasteiger partial charge in [-0.1, -0.05) is 18.2 Å². The Bertz CT molecular complexity index is 461. The lowest BCUT2D eigenvalue weighted by Crippen LogP contribution is -2.49. The van der Waals surface area contributed by atoms with Crippen molar-refractivity contribution in [2.45, 2.75) is 18.3 Å². The molecule has 0 spiro atoms. The van der Waals surface area contributed by atoms with Gasteiger partial charge in [0.2, 0.25) is 5.91 Å². The molecule has 4 heteroatoms. The molecule has 1 aliphatic heterocycles. The molecule has 1 aromatic rings. The lowest BCUT2D eigenvalue weighted by Gasteiger charge is -2.41. The molecule has 1 saturated heterocycles. The van der Waals surface area contributed by atoms with Crippen molar-refractivity contribution in [1.82, 2.24) is 10.2 Å². The van der Waals surface area contributed by atoms with Crippen molar-refractivity contribution >= 4 is 5.91 Å². The Labute approximate surface area is 114 Å². The van der Waals surface area contributed by atoms with Crippen molar-refractivity contribution < 1.29 is 9.53 Å². The maximum Gasteiger partial charge on any atom is 0.223 e. The number of nitrogens with one attached hydrogen (secondary N) is 1. The quantitative estimate of drug-likeness (QED) is 0.892. The molecule has 4 nitrogen and oxygen atoms in total. The summed E-state index contributed by atoms with van der Waals surface area (Å²) in [4.78, 5) is 13.9. The van der Waals surface area contributed by atoms with Crippen molar-refractivity contribution in [3.8, 4) is 5.75 Å². The lowest BCUT2D eigenvalue weighted by atomic mass is 9.72. The summed E-state index contributed by atoms with van der Waals surface area (Å²) >= 11 is 0. The molecule has 1 heterocycles. The van der Waals surface area contributed by atoms with Crippen LogP contribution in [0.1, 0.15) is 18.4 Å². The molecule has 0 aliphatic carbocycles. The third-order valence-electron chi connectivity index (χ3n) is 4.03. The van der Waals surface area contributed by atoms with E-state index in [0.29, 0.717) is 6.42 Å². The highest BCUT2D eigenvalue weighted by Gasteiger charge is 2.40. The molecular weight excluding hydrogens is 240 g/mol. The van der Waals surface area contributed by atoms with Gasteiger partial charge < -0.3 is 15.0 Å². The normalized spacial score (nSPS) is 23.5. The van der Waals surface area contributed by atoms with Crippen molar-refractivity contribution in [3.05, 3.63) is 29.8 Å². The van der Waals surface area contributed by atoms with Crippen LogP contribution in [0.5, 0.6) is 5.75 Å². The molecule has 2 rings (SSSR count). The largest absolute Gasteiger partial charge is 0.496 e. The van der Waals surface area contributed by atoms with Crippen LogP contribution in [-0.2, 0) is 10.2 Å². The number of benzene rings is 1. The first-order valence-corrected chi connectivity index (χ1v) is 6.65. The fourth-order valence-corrected chi connectivity index (χ4v) is 2.92. The fraction of sp³-hybridized carbons (Fsp3) is 0.533. The number of methoxy groups -OCH3 is 1. The van der Waals surface area contributed by atoms with Gasteiger partial charge in [-0.25, -0.2) is 0 Å². The highest BCUT2D eigenvalue weighted by Crippen LogP contribution is 2.39. The number of likely N-dealkylation sites (tertiary alicyclic amines) is 1. The van der Waals surface area contributed by atoms with Gasteiger partial charge >= 0.3 is 0 Å². The Balaban J connectivity index is 2.41. The lowest BCUT2D eigenvalue weighted by molar-refractivity contribution is -0.134. The van der Waals surface area contributed by atoms with Crippen LogP contribution in [-0.4, -0.2) is 45.1 Å². The minimum absolute atomic E-state index is 0.162. The molecule has 0 aromatic heterocycles. The van der Waals surface area contributed by atoms with Crippen LogP contribution in [0.4, 0.5) is 0 Å². The number of nitrogens with zero attached hydrogens (tertiary/aromatic N) is 1. The third-order valence-corrected chi connectivity index (χ3v) is 4.03.